The maximum absolute atomic E-state index is 12.2. The van der Waals surface area contributed by atoms with Crippen molar-refractivity contribution in [1.29, 1.82) is 0 Å². The van der Waals surface area contributed by atoms with E-state index in [1.807, 2.05) is 0 Å². The van der Waals surface area contributed by atoms with Gasteiger partial charge in [-0.1, -0.05) is 35.2 Å². The molecular weight excluding hydrogens is 365 g/mol. The Balaban J connectivity index is 1.63. The Morgan fingerprint density at radius 1 is 1.44 bits per heavy atom. The van der Waals surface area contributed by atoms with Gasteiger partial charge in [-0.3, -0.25) is 4.79 Å². The van der Waals surface area contributed by atoms with Crippen LogP contribution < -0.4 is 10.4 Å². The number of ketones is 1. The van der Waals surface area contributed by atoms with E-state index in [-0.39, 0.29) is 29.3 Å². The molecule has 1 aromatic heterocycles. The number of carboxylic acids is 1. The molecule has 0 amide bonds. The molecule has 0 saturated heterocycles. The fraction of sp³-hybridized carbons (Fsp3) is 0.286. The zero-order valence-electron chi connectivity index (χ0n) is 12.9. The summed E-state index contributed by atoms with van der Waals surface area (Å²) in [5, 5.41) is 27.2. The molecule has 1 aliphatic rings. The predicted molar refractivity (Wildman–Crippen MR) is 94.1 cm³/mol. The van der Waals surface area contributed by atoms with Crippen LogP contribution in [0.4, 0.5) is 5.13 Å². The largest absolute Gasteiger partial charge is 0.535 e. The summed E-state index contributed by atoms with van der Waals surface area (Å²) in [7, 11) is -1.22. The molecule has 0 aliphatic carbocycles. The maximum Gasteiger partial charge on any atom is 0.526 e. The molecule has 0 saturated carbocycles. The second-order valence-corrected chi connectivity index (χ2v) is 7.74. The fourth-order valence-corrected chi connectivity index (χ4v) is 4.11. The van der Waals surface area contributed by atoms with Crippen molar-refractivity contribution in [2.24, 2.45) is 0 Å². The van der Waals surface area contributed by atoms with Crippen molar-refractivity contribution in [2.75, 3.05) is 11.5 Å². The van der Waals surface area contributed by atoms with Gasteiger partial charge in [0, 0.05) is 12.2 Å². The molecule has 25 heavy (non-hydrogen) atoms. The number of hydrogen-bond acceptors (Lipinski definition) is 9. The van der Waals surface area contributed by atoms with Gasteiger partial charge in [0.1, 0.15) is 11.5 Å². The third kappa shape index (κ3) is 4.11. The van der Waals surface area contributed by atoms with Crippen molar-refractivity contribution < 1.29 is 24.4 Å². The van der Waals surface area contributed by atoms with Gasteiger partial charge in [0.15, 0.2) is 4.34 Å². The lowest BCUT2D eigenvalue weighted by molar-refractivity contribution is -0.116. The highest BCUT2D eigenvalue weighted by Gasteiger charge is 2.37. The van der Waals surface area contributed by atoms with E-state index in [1.54, 1.807) is 12.1 Å². The lowest BCUT2D eigenvalue weighted by atomic mass is 9.64. The topological polar surface area (TPSA) is 136 Å². The van der Waals surface area contributed by atoms with Gasteiger partial charge in [0.05, 0.1) is 11.3 Å². The first kappa shape index (κ1) is 17.7. The molecule has 11 heteroatoms. The highest BCUT2D eigenvalue weighted by Crippen LogP contribution is 2.36. The Kier molecular flexibility index (Phi) is 5.26. The molecule has 0 bridgehead atoms. The molecule has 1 aromatic carbocycles. The lowest BCUT2D eigenvalue weighted by Crippen LogP contribution is -2.36. The molecule has 130 valence electrons. The molecule has 4 N–H and O–H groups in total. The number of thioether (sulfide) groups is 1. The summed E-state index contributed by atoms with van der Waals surface area (Å²) in [5.41, 5.74) is 6.17. The Hall–Kier alpha value is -2.11. The van der Waals surface area contributed by atoms with Crippen LogP contribution in [0.25, 0.3) is 0 Å². The SMILES string of the molecule is Nc1nnc(SCC(=O)C[C@H]2Cc3cccc(C(=O)O)c3OB2O)s1. The van der Waals surface area contributed by atoms with Crippen molar-refractivity contribution in [3.8, 4) is 5.75 Å². The van der Waals surface area contributed by atoms with Gasteiger partial charge in [-0.15, -0.1) is 10.2 Å². The van der Waals surface area contributed by atoms with Gasteiger partial charge in [-0.2, -0.15) is 0 Å². The quantitative estimate of drug-likeness (QED) is 0.502. The minimum Gasteiger partial charge on any atom is -0.535 e. The Morgan fingerprint density at radius 3 is 2.92 bits per heavy atom. The van der Waals surface area contributed by atoms with Gasteiger partial charge in [-0.05, 0) is 18.1 Å². The van der Waals surface area contributed by atoms with E-state index < -0.39 is 18.9 Å². The number of nitrogens with two attached hydrogens (primary N) is 1. The second kappa shape index (κ2) is 7.42. The third-order valence-electron chi connectivity index (χ3n) is 3.72. The number of hydrogen-bond donors (Lipinski definition) is 3. The van der Waals surface area contributed by atoms with E-state index in [4.69, 9.17) is 10.4 Å². The summed E-state index contributed by atoms with van der Waals surface area (Å²) < 4.78 is 6.00. The summed E-state index contributed by atoms with van der Waals surface area (Å²) in [4.78, 5) is 23.4. The molecule has 3 rings (SSSR count). The second-order valence-electron chi connectivity index (χ2n) is 5.51. The molecular formula is C14H14BN3O5S2. The molecule has 0 fully saturated rings. The Morgan fingerprint density at radius 2 is 2.24 bits per heavy atom. The van der Waals surface area contributed by atoms with Crippen molar-refractivity contribution in [2.45, 2.75) is 23.0 Å². The highest BCUT2D eigenvalue weighted by molar-refractivity contribution is 8.01. The minimum atomic E-state index is -1.22. The molecule has 0 unspecified atom stereocenters. The number of carboxylic acid groups (broad SMARTS) is 1. The van der Waals surface area contributed by atoms with Crippen molar-refractivity contribution >= 4 is 47.1 Å². The predicted octanol–water partition coefficient (Wildman–Crippen LogP) is 1.36. The number of aromatic nitrogens is 2. The number of nitrogens with zero attached hydrogens (tertiary/aromatic N) is 2. The van der Waals surface area contributed by atoms with E-state index >= 15 is 0 Å². The van der Waals surface area contributed by atoms with Crippen molar-refractivity contribution in [3.05, 3.63) is 29.3 Å². The van der Waals surface area contributed by atoms with E-state index in [1.165, 1.54) is 29.2 Å². The first-order valence-electron chi connectivity index (χ1n) is 7.37. The normalized spacial score (nSPS) is 16.2. The number of benzene rings is 1. The average Bonchev–Trinajstić information content (AvgIpc) is 2.98. The van der Waals surface area contributed by atoms with Crippen LogP contribution in [0.5, 0.6) is 5.75 Å². The van der Waals surface area contributed by atoms with Crippen LogP contribution >= 0.6 is 23.1 Å². The highest BCUT2D eigenvalue weighted by atomic mass is 32.2. The molecule has 0 radical (unpaired) electrons. The first-order chi connectivity index (χ1) is 11.9. The molecule has 2 aromatic rings. The van der Waals surface area contributed by atoms with Crippen LogP contribution in [-0.2, 0) is 11.2 Å². The number of rotatable bonds is 6. The summed E-state index contributed by atoms with van der Waals surface area (Å²) in [6, 6.07) is 4.78. The average molecular weight is 379 g/mol. The molecule has 1 atom stereocenters. The van der Waals surface area contributed by atoms with Crippen molar-refractivity contribution in [1.82, 2.24) is 10.2 Å². The number of Topliss-reactive ketones (excluding diaryl/α,β-unsaturated/α-hetero) is 1. The van der Waals surface area contributed by atoms with E-state index in [0.717, 1.165) is 0 Å². The summed E-state index contributed by atoms with van der Waals surface area (Å²) >= 11 is 2.45. The van der Waals surface area contributed by atoms with Crippen LogP contribution in [0.1, 0.15) is 22.3 Å². The number of nitrogen functional groups attached to an aromatic ring is 1. The fourth-order valence-electron chi connectivity index (χ4n) is 2.60. The van der Waals surface area contributed by atoms with Crippen LogP contribution in [0, 0.1) is 0 Å². The zero-order valence-corrected chi connectivity index (χ0v) is 14.5. The zero-order chi connectivity index (χ0) is 18.0. The van der Waals surface area contributed by atoms with Crippen LogP contribution in [0.2, 0.25) is 5.82 Å². The van der Waals surface area contributed by atoms with Crippen LogP contribution in [0.15, 0.2) is 22.5 Å². The maximum atomic E-state index is 12.2. The van der Waals surface area contributed by atoms with Gasteiger partial charge in [0.25, 0.3) is 0 Å². The standard InChI is InChI=1S/C14H14BN3O5S2/c16-13-17-18-14(25-13)24-6-9(19)5-8-4-7-2-1-3-10(12(20)21)11(7)23-15(8)22/h1-3,8,22H,4-6H2,(H2,16,17)(H,20,21)/t8-/m1/s1. The van der Waals surface area contributed by atoms with E-state index in [2.05, 4.69) is 10.2 Å². The number of anilines is 1. The summed E-state index contributed by atoms with van der Waals surface area (Å²) in [6.45, 7) is 0. The smallest absolute Gasteiger partial charge is 0.526 e. The molecule has 8 nitrogen and oxygen atoms in total. The van der Waals surface area contributed by atoms with Crippen molar-refractivity contribution in [3.63, 3.8) is 0 Å². The van der Waals surface area contributed by atoms with E-state index in [9.17, 15) is 19.7 Å². The first-order valence-corrected chi connectivity index (χ1v) is 9.17. The number of aromatic carboxylic acids is 1. The minimum absolute atomic E-state index is 0.00532. The van der Waals surface area contributed by atoms with Crippen LogP contribution in [-0.4, -0.2) is 45.0 Å². The number of para-hydroxylation sites is 1. The number of carbonyl (C=O) groups excluding carboxylic acids is 1. The monoisotopic (exact) mass is 379 g/mol. The molecule has 0 spiro atoms. The van der Waals surface area contributed by atoms with Gasteiger partial charge >= 0.3 is 13.1 Å². The molecule has 2 heterocycles. The van der Waals surface area contributed by atoms with Crippen LogP contribution in [0.3, 0.4) is 0 Å². The number of carbonyl (C=O) groups is 2. The Bertz CT molecular complexity index is 816. The molecule has 1 aliphatic heterocycles. The van der Waals surface area contributed by atoms with E-state index in [0.29, 0.717) is 21.5 Å². The summed E-state index contributed by atoms with van der Waals surface area (Å²) in [6.07, 6.45) is 0.499. The Labute approximate surface area is 151 Å². The van der Waals surface area contributed by atoms with Gasteiger partial charge in [0.2, 0.25) is 5.13 Å². The van der Waals surface area contributed by atoms with Gasteiger partial charge < -0.3 is 20.5 Å². The summed E-state index contributed by atoms with van der Waals surface area (Å²) in [5.74, 6) is -1.25. The lowest BCUT2D eigenvalue weighted by Gasteiger charge is -2.27. The third-order valence-corrected chi connectivity index (χ3v) is 5.67. The van der Waals surface area contributed by atoms with Gasteiger partial charge in [-0.25, -0.2) is 4.79 Å². The number of fused-ring (bicyclic) bond motifs is 1.